The second-order valence-corrected chi connectivity index (χ2v) is 4.46. The first-order valence-corrected chi connectivity index (χ1v) is 3.22. The third-order valence-corrected chi connectivity index (χ3v) is 1.29. The monoisotopic (exact) mass is 115 g/mol. The molecule has 2 heteroatoms. The molecule has 0 spiro atoms. The molecule has 0 aromatic carbocycles. The van der Waals surface area contributed by atoms with Crippen LogP contribution in [0.4, 0.5) is 0 Å². The fourth-order valence-electron chi connectivity index (χ4n) is 0.168. The van der Waals surface area contributed by atoms with E-state index in [1.165, 1.54) is 0 Å². The van der Waals surface area contributed by atoms with Crippen LogP contribution in [0.25, 0.3) is 0 Å². The van der Waals surface area contributed by atoms with Gasteiger partial charge in [-0.3, -0.25) is 0 Å². The smallest absolute Gasteiger partial charge is 0.0843 e. The third kappa shape index (κ3) is 5.92. The van der Waals surface area contributed by atoms with Crippen molar-refractivity contribution in [3.8, 4) is 5.81 Å². The van der Waals surface area contributed by atoms with Crippen molar-refractivity contribution in [2.75, 3.05) is 0 Å². The van der Waals surface area contributed by atoms with Crippen LogP contribution in [0.5, 0.6) is 0 Å². The van der Waals surface area contributed by atoms with Crippen LogP contribution in [-0.2, 0) is 0 Å². The SMILES string of the molecule is CC(C)(C)PC#N. The lowest BCUT2D eigenvalue weighted by molar-refractivity contribution is 0.799. The standard InChI is InChI=1S/C5H10NP/c1-5(2,3)7-4-6/h7H,1-3H3. The van der Waals surface area contributed by atoms with E-state index in [9.17, 15) is 0 Å². The number of rotatable bonds is 0. The van der Waals surface area contributed by atoms with Crippen molar-refractivity contribution in [2.24, 2.45) is 0 Å². The molecule has 0 heterocycles. The summed E-state index contributed by atoms with van der Waals surface area (Å²) in [5, 5.41) is 8.38. The summed E-state index contributed by atoms with van der Waals surface area (Å²) >= 11 is 0. The highest BCUT2D eigenvalue weighted by Crippen LogP contribution is 2.27. The van der Waals surface area contributed by atoms with E-state index in [2.05, 4.69) is 26.6 Å². The Labute approximate surface area is 46.5 Å². The van der Waals surface area contributed by atoms with E-state index in [1.54, 1.807) is 0 Å². The molecule has 40 valence electrons. The average Bonchev–Trinajstić information content (AvgIpc) is 1.30. The van der Waals surface area contributed by atoms with E-state index in [0.717, 1.165) is 0 Å². The Bertz CT molecular complexity index is 85.2. The highest BCUT2D eigenvalue weighted by atomic mass is 31.1. The Morgan fingerprint density at radius 3 is 1.86 bits per heavy atom. The van der Waals surface area contributed by atoms with Gasteiger partial charge in [-0.1, -0.05) is 20.8 Å². The minimum Gasteiger partial charge on any atom is -0.194 e. The Morgan fingerprint density at radius 1 is 1.43 bits per heavy atom. The van der Waals surface area contributed by atoms with Crippen LogP contribution in [-0.4, -0.2) is 5.16 Å². The molecular weight excluding hydrogens is 105 g/mol. The van der Waals surface area contributed by atoms with Crippen LogP contribution in [0.3, 0.4) is 0 Å². The predicted octanol–water partition coefficient (Wildman–Crippen LogP) is 1.94. The number of nitriles is 1. The number of hydrogen-bond donors (Lipinski definition) is 0. The summed E-state index contributed by atoms with van der Waals surface area (Å²) < 4.78 is 0. The number of hydrogen-bond acceptors (Lipinski definition) is 1. The Balaban J connectivity index is 3.40. The van der Waals surface area contributed by atoms with Crippen LogP contribution >= 0.6 is 8.58 Å². The topological polar surface area (TPSA) is 23.8 Å². The fraction of sp³-hybridized carbons (Fsp3) is 0.800. The molecule has 0 bridgehead atoms. The van der Waals surface area contributed by atoms with Crippen molar-refractivity contribution in [1.29, 1.82) is 5.26 Å². The molecule has 0 saturated carbocycles. The zero-order chi connectivity index (χ0) is 5.91. The van der Waals surface area contributed by atoms with Gasteiger partial charge in [0.1, 0.15) is 0 Å². The van der Waals surface area contributed by atoms with Crippen molar-refractivity contribution in [3.63, 3.8) is 0 Å². The van der Waals surface area contributed by atoms with E-state index in [-0.39, 0.29) is 5.16 Å². The van der Waals surface area contributed by atoms with Crippen molar-refractivity contribution in [1.82, 2.24) is 0 Å². The second-order valence-electron chi connectivity index (χ2n) is 2.49. The molecule has 0 aliphatic carbocycles. The van der Waals surface area contributed by atoms with E-state index in [1.807, 2.05) is 0 Å². The lowest BCUT2D eigenvalue weighted by atomic mass is 10.3. The molecule has 0 amide bonds. The molecule has 0 aromatic heterocycles. The van der Waals surface area contributed by atoms with Gasteiger partial charge in [-0.05, 0) is 13.7 Å². The van der Waals surface area contributed by atoms with Gasteiger partial charge in [-0.2, -0.15) is 5.26 Å². The summed E-state index contributed by atoms with van der Waals surface area (Å²) in [6.07, 6.45) is 0. The Kier molecular flexibility index (Phi) is 2.26. The van der Waals surface area contributed by atoms with Crippen LogP contribution < -0.4 is 0 Å². The van der Waals surface area contributed by atoms with Crippen molar-refractivity contribution >= 4 is 8.58 Å². The molecule has 1 atom stereocenters. The van der Waals surface area contributed by atoms with E-state index < -0.39 is 0 Å². The summed E-state index contributed by atoms with van der Waals surface area (Å²) in [5.74, 6) is 2.14. The normalized spacial score (nSPS) is 12.3. The molecule has 1 unspecified atom stereocenters. The highest BCUT2D eigenvalue weighted by Gasteiger charge is 2.07. The van der Waals surface area contributed by atoms with E-state index in [4.69, 9.17) is 5.26 Å². The van der Waals surface area contributed by atoms with Gasteiger partial charge in [0.2, 0.25) is 0 Å². The lowest BCUT2D eigenvalue weighted by Crippen LogP contribution is -2.02. The molecule has 0 saturated heterocycles. The minimum absolute atomic E-state index is 0.217. The summed E-state index contributed by atoms with van der Waals surface area (Å²) in [6.45, 7) is 6.19. The summed E-state index contributed by atoms with van der Waals surface area (Å²) in [7, 11) is 0.430. The highest BCUT2D eigenvalue weighted by molar-refractivity contribution is 7.45. The van der Waals surface area contributed by atoms with Gasteiger partial charge in [0.25, 0.3) is 0 Å². The maximum Gasteiger partial charge on any atom is 0.0843 e. The predicted molar refractivity (Wildman–Crippen MR) is 33.7 cm³/mol. The van der Waals surface area contributed by atoms with Gasteiger partial charge in [0.05, 0.1) is 5.81 Å². The molecule has 0 aliphatic rings. The van der Waals surface area contributed by atoms with Crippen LogP contribution in [0.2, 0.25) is 0 Å². The zero-order valence-corrected chi connectivity index (χ0v) is 5.95. The molecule has 0 radical (unpaired) electrons. The Morgan fingerprint density at radius 2 is 1.86 bits per heavy atom. The van der Waals surface area contributed by atoms with Gasteiger partial charge in [-0.25, -0.2) is 0 Å². The molecule has 0 aliphatic heterocycles. The van der Waals surface area contributed by atoms with Gasteiger partial charge in [0.15, 0.2) is 0 Å². The molecule has 0 N–H and O–H groups in total. The van der Waals surface area contributed by atoms with Crippen LogP contribution in [0.1, 0.15) is 20.8 Å². The van der Waals surface area contributed by atoms with Gasteiger partial charge in [0, 0.05) is 0 Å². The second kappa shape index (κ2) is 2.28. The van der Waals surface area contributed by atoms with Crippen molar-refractivity contribution < 1.29 is 0 Å². The average molecular weight is 115 g/mol. The third-order valence-electron chi connectivity index (χ3n) is 0.431. The first-order valence-electron chi connectivity index (χ1n) is 2.22. The van der Waals surface area contributed by atoms with Crippen LogP contribution in [0.15, 0.2) is 0 Å². The van der Waals surface area contributed by atoms with Crippen LogP contribution in [0, 0.1) is 11.1 Å². The summed E-state index contributed by atoms with van der Waals surface area (Å²) in [5.41, 5.74) is 0. The fourth-order valence-corrected chi connectivity index (χ4v) is 0.503. The summed E-state index contributed by atoms with van der Waals surface area (Å²) in [6, 6.07) is 0. The molecule has 1 nitrogen and oxygen atoms in total. The summed E-state index contributed by atoms with van der Waals surface area (Å²) in [4.78, 5) is 0. The molecule has 7 heavy (non-hydrogen) atoms. The largest absolute Gasteiger partial charge is 0.194 e. The quantitative estimate of drug-likeness (QED) is 0.442. The van der Waals surface area contributed by atoms with Gasteiger partial charge >= 0.3 is 0 Å². The molecule has 0 aromatic rings. The molecular formula is C5H10NP. The first-order chi connectivity index (χ1) is 3.06. The zero-order valence-electron chi connectivity index (χ0n) is 4.95. The maximum absolute atomic E-state index is 8.16. The number of nitrogens with zero attached hydrogens (tertiary/aromatic N) is 1. The molecule has 0 fully saturated rings. The molecule has 0 rings (SSSR count). The Hall–Kier alpha value is -0.0800. The lowest BCUT2D eigenvalue weighted by Gasteiger charge is -2.10. The minimum atomic E-state index is 0.217. The first kappa shape index (κ1) is 6.92. The van der Waals surface area contributed by atoms with E-state index >= 15 is 0 Å². The van der Waals surface area contributed by atoms with Crippen molar-refractivity contribution in [3.05, 3.63) is 0 Å². The van der Waals surface area contributed by atoms with Crippen molar-refractivity contribution in [2.45, 2.75) is 25.9 Å². The maximum atomic E-state index is 8.16. The van der Waals surface area contributed by atoms with Gasteiger partial charge in [-0.15, -0.1) is 0 Å². The van der Waals surface area contributed by atoms with Gasteiger partial charge < -0.3 is 0 Å². The van der Waals surface area contributed by atoms with E-state index in [0.29, 0.717) is 8.58 Å².